The molecule has 0 saturated heterocycles. The lowest BCUT2D eigenvalue weighted by Gasteiger charge is -2.10. The first-order valence-corrected chi connectivity index (χ1v) is 9.11. The molecule has 0 amide bonds. The molecule has 0 aliphatic rings. The molecule has 3 rings (SSSR count). The number of carbonyl (C=O) groups is 2. The van der Waals surface area contributed by atoms with Crippen molar-refractivity contribution in [1.82, 2.24) is 4.57 Å². The van der Waals surface area contributed by atoms with E-state index in [1.165, 1.54) is 13.0 Å². The van der Waals surface area contributed by atoms with Gasteiger partial charge in [0, 0.05) is 16.6 Å². The number of esters is 1. The molecular weight excluding hydrogens is 422 g/mol. The maximum atomic E-state index is 14.7. The number of rotatable bonds is 5. The van der Waals surface area contributed by atoms with Crippen LogP contribution >= 0.6 is 0 Å². The lowest BCUT2D eigenvalue weighted by atomic mass is 10.1. The molecule has 1 heterocycles. The van der Waals surface area contributed by atoms with E-state index in [1.54, 1.807) is 6.92 Å². The average molecular weight is 439 g/mol. The summed E-state index contributed by atoms with van der Waals surface area (Å²) in [7, 11) is 0. The number of benzene rings is 2. The Hall–Kier alpha value is -3.56. The number of nitrogens with zero attached hydrogens (tertiary/aromatic N) is 1. The molecule has 6 nitrogen and oxygen atoms in total. The van der Waals surface area contributed by atoms with E-state index in [0.717, 1.165) is 34.9 Å². The molecule has 0 saturated carbocycles. The molecule has 3 aromatic rings. The molecule has 0 aliphatic carbocycles. The molecule has 164 valence electrons. The van der Waals surface area contributed by atoms with Crippen molar-refractivity contribution < 1.29 is 41.7 Å². The Morgan fingerprint density at radius 2 is 1.74 bits per heavy atom. The highest BCUT2D eigenvalue weighted by atomic mass is 19.4. The van der Waals surface area contributed by atoms with E-state index in [-0.39, 0.29) is 40.8 Å². The number of ether oxygens (including phenoxy) is 2. The monoisotopic (exact) mass is 439 g/mol. The number of aromatic hydroxyl groups is 1. The zero-order valence-corrected chi connectivity index (χ0v) is 16.4. The Bertz CT molecular complexity index is 1150. The number of carbonyl (C=O) groups excluding carboxylic acids is 2. The van der Waals surface area contributed by atoms with E-state index in [9.17, 15) is 32.3 Å². The van der Waals surface area contributed by atoms with Crippen LogP contribution in [0.25, 0.3) is 10.9 Å². The molecule has 1 N–H and O–H groups in total. The van der Waals surface area contributed by atoms with Gasteiger partial charge in [0.25, 0.3) is 5.91 Å². The van der Waals surface area contributed by atoms with Gasteiger partial charge in [-0.15, -0.1) is 13.2 Å². The van der Waals surface area contributed by atoms with Gasteiger partial charge in [-0.3, -0.25) is 14.2 Å². The van der Waals surface area contributed by atoms with Crippen molar-refractivity contribution in [3.63, 3.8) is 0 Å². The van der Waals surface area contributed by atoms with Crippen LogP contribution in [0, 0.1) is 12.7 Å². The molecule has 0 atom stereocenters. The number of phenols is 1. The molecule has 0 unspecified atom stereocenters. The average Bonchev–Trinajstić information content (AvgIpc) is 2.96. The van der Waals surface area contributed by atoms with Crippen LogP contribution in [-0.4, -0.2) is 34.5 Å². The predicted molar refractivity (Wildman–Crippen MR) is 101 cm³/mol. The summed E-state index contributed by atoms with van der Waals surface area (Å²) in [6.45, 7) is 3.20. The second kappa shape index (κ2) is 8.29. The summed E-state index contributed by atoms with van der Waals surface area (Å²) in [5.41, 5.74) is 0.485. The Kier molecular flexibility index (Phi) is 5.92. The van der Waals surface area contributed by atoms with Crippen LogP contribution in [0.1, 0.15) is 28.5 Å². The Balaban J connectivity index is 2.09. The summed E-state index contributed by atoms with van der Waals surface area (Å²) in [4.78, 5) is 25.1. The maximum Gasteiger partial charge on any atom is 0.573 e. The topological polar surface area (TPSA) is 77.8 Å². The summed E-state index contributed by atoms with van der Waals surface area (Å²) >= 11 is 0. The normalized spacial score (nSPS) is 11.5. The van der Waals surface area contributed by atoms with Gasteiger partial charge in [0.05, 0.1) is 18.5 Å². The number of halogens is 4. The third-order valence-corrected chi connectivity index (χ3v) is 4.58. The Morgan fingerprint density at radius 3 is 2.32 bits per heavy atom. The highest BCUT2D eigenvalue weighted by Crippen LogP contribution is 2.34. The van der Waals surface area contributed by atoms with Crippen LogP contribution < -0.4 is 4.74 Å². The Morgan fingerprint density at radius 1 is 1.10 bits per heavy atom. The molecule has 31 heavy (non-hydrogen) atoms. The highest BCUT2D eigenvalue weighted by molar-refractivity contribution is 6.05. The molecule has 10 heteroatoms. The first-order chi connectivity index (χ1) is 14.5. The molecule has 0 fully saturated rings. The lowest BCUT2D eigenvalue weighted by Crippen LogP contribution is -2.17. The van der Waals surface area contributed by atoms with Crippen LogP contribution in [0.15, 0.2) is 36.4 Å². The second-order valence-electron chi connectivity index (χ2n) is 6.55. The summed E-state index contributed by atoms with van der Waals surface area (Å²) in [6.07, 6.45) is -5.21. The van der Waals surface area contributed by atoms with Crippen LogP contribution in [0.3, 0.4) is 0 Å². The SMILES string of the molecule is CCOC(=O)Cc1c(C)n(C(=O)c2ccc(OC(F)(F)F)cc2)c2ccc(O)c(F)c12. The van der Waals surface area contributed by atoms with Crippen molar-refractivity contribution in [3.8, 4) is 11.5 Å². The van der Waals surface area contributed by atoms with E-state index in [1.807, 2.05) is 0 Å². The summed E-state index contributed by atoms with van der Waals surface area (Å²) < 4.78 is 61.6. The van der Waals surface area contributed by atoms with Gasteiger partial charge in [0.1, 0.15) is 5.75 Å². The van der Waals surface area contributed by atoms with E-state index >= 15 is 0 Å². The molecule has 2 aromatic carbocycles. The van der Waals surface area contributed by atoms with Crippen molar-refractivity contribution in [2.24, 2.45) is 0 Å². The molecule has 0 spiro atoms. The van der Waals surface area contributed by atoms with Crippen LogP contribution in [0.4, 0.5) is 17.6 Å². The largest absolute Gasteiger partial charge is 0.573 e. The fourth-order valence-electron chi connectivity index (χ4n) is 3.29. The third kappa shape index (κ3) is 4.47. The number of aromatic nitrogens is 1. The fraction of sp³-hybridized carbons (Fsp3) is 0.238. The summed E-state index contributed by atoms with van der Waals surface area (Å²) in [6, 6.07) is 6.61. The minimum atomic E-state index is -4.87. The number of fused-ring (bicyclic) bond motifs is 1. The highest BCUT2D eigenvalue weighted by Gasteiger charge is 2.31. The number of phenolic OH excluding ortho intramolecular Hbond substituents is 1. The standard InChI is InChI=1S/C21H17F4NO5/c1-3-30-17(28)10-14-11(2)26(15-8-9-16(27)19(22)18(14)15)20(29)12-4-6-13(7-5-12)31-21(23,24)25/h4-9,27H,3,10H2,1-2H3. The first kappa shape index (κ1) is 22.1. The second-order valence-corrected chi connectivity index (χ2v) is 6.55. The molecular formula is C21H17F4NO5. The van der Waals surface area contributed by atoms with Crippen molar-refractivity contribution >= 4 is 22.8 Å². The van der Waals surface area contributed by atoms with E-state index in [4.69, 9.17) is 4.74 Å². The molecule has 0 bridgehead atoms. The predicted octanol–water partition coefficient (Wildman–Crippen LogP) is 4.49. The molecule has 0 aliphatic heterocycles. The van der Waals surface area contributed by atoms with Gasteiger partial charge in [0.2, 0.25) is 0 Å². The van der Waals surface area contributed by atoms with Gasteiger partial charge < -0.3 is 14.6 Å². The van der Waals surface area contributed by atoms with E-state index in [2.05, 4.69) is 4.74 Å². The van der Waals surface area contributed by atoms with Crippen molar-refractivity contribution in [2.45, 2.75) is 26.6 Å². The van der Waals surface area contributed by atoms with Gasteiger partial charge in [-0.25, -0.2) is 4.39 Å². The maximum absolute atomic E-state index is 14.7. The van der Waals surface area contributed by atoms with Crippen molar-refractivity contribution in [3.05, 3.63) is 59.0 Å². The first-order valence-electron chi connectivity index (χ1n) is 9.11. The van der Waals surface area contributed by atoms with Crippen LogP contribution in [-0.2, 0) is 16.0 Å². The quantitative estimate of drug-likeness (QED) is 0.468. The van der Waals surface area contributed by atoms with Crippen molar-refractivity contribution in [2.75, 3.05) is 6.61 Å². The molecule has 0 radical (unpaired) electrons. The minimum Gasteiger partial charge on any atom is -0.505 e. The van der Waals surface area contributed by atoms with Gasteiger partial charge in [-0.2, -0.15) is 0 Å². The zero-order chi connectivity index (χ0) is 22.9. The summed E-state index contributed by atoms with van der Waals surface area (Å²) in [5, 5.41) is 9.65. The van der Waals surface area contributed by atoms with Gasteiger partial charge >= 0.3 is 12.3 Å². The van der Waals surface area contributed by atoms with E-state index in [0.29, 0.717) is 0 Å². The molecule has 1 aromatic heterocycles. The fourth-order valence-corrected chi connectivity index (χ4v) is 3.29. The number of alkyl halides is 3. The minimum absolute atomic E-state index is 0.00527. The Labute approximate surface area is 173 Å². The summed E-state index contributed by atoms with van der Waals surface area (Å²) in [5.74, 6) is -3.47. The van der Waals surface area contributed by atoms with Gasteiger partial charge in [0.15, 0.2) is 11.6 Å². The van der Waals surface area contributed by atoms with Crippen LogP contribution in [0.2, 0.25) is 0 Å². The zero-order valence-electron chi connectivity index (χ0n) is 16.4. The van der Waals surface area contributed by atoms with E-state index < -0.39 is 35.6 Å². The number of hydrogen-bond donors (Lipinski definition) is 1. The number of hydrogen-bond acceptors (Lipinski definition) is 5. The van der Waals surface area contributed by atoms with Crippen LogP contribution in [0.5, 0.6) is 11.5 Å². The smallest absolute Gasteiger partial charge is 0.505 e. The third-order valence-electron chi connectivity index (χ3n) is 4.58. The lowest BCUT2D eigenvalue weighted by molar-refractivity contribution is -0.274. The van der Waals surface area contributed by atoms with Gasteiger partial charge in [-0.1, -0.05) is 0 Å². The van der Waals surface area contributed by atoms with Gasteiger partial charge in [-0.05, 0) is 55.8 Å². The van der Waals surface area contributed by atoms with Crippen molar-refractivity contribution in [1.29, 1.82) is 0 Å².